The maximum atomic E-state index is 12.8. The minimum absolute atomic E-state index is 0.0597. The molecule has 0 radical (unpaired) electrons. The second-order valence-electron chi connectivity index (χ2n) is 5.33. The number of rotatable bonds is 1. The fourth-order valence-electron chi connectivity index (χ4n) is 2.72. The van der Waals surface area contributed by atoms with Crippen LogP contribution < -0.4 is 0 Å². The van der Waals surface area contributed by atoms with Crippen molar-refractivity contribution in [1.82, 2.24) is 0 Å². The van der Waals surface area contributed by atoms with Crippen molar-refractivity contribution in [2.45, 2.75) is 19.0 Å². The van der Waals surface area contributed by atoms with Crippen LogP contribution in [0.25, 0.3) is 0 Å². The van der Waals surface area contributed by atoms with Gasteiger partial charge in [0.05, 0.1) is 5.56 Å². The summed E-state index contributed by atoms with van der Waals surface area (Å²) in [5.41, 5.74) is 0.387. The topological polar surface area (TPSA) is 34.1 Å². The number of Topliss-reactive ketones (excluding diaryl/α,β-unsaturated/α-hetero) is 2. The molecule has 0 saturated heterocycles. The molecule has 2 nitrogen and oxygen atoms in total. The SMILES string of the molecule is Cc1cccc(C2C(=O)c3ccc(C(F)(F)F)cc3C2=O)c1. The number of alkyl halides is 3. The summed E-state index contributed by atoms with van der Waals surface area (Å²) in [6, 6.07) is 9.58. The van der Waals surface area contributed by atoms with Crippen LogP contribution >= 0.6 is 0 Å². The van der Waals surface area contributed by atoms with E-state index in [4.69, 9.17) is 0 Å². The molecular formula is C17H11F3O2. The molecule has 2 aromatic rings. The lowest BCUT2D eigenvalue weighted by atomic mass is 9.93. The van der Waals surface area contributed by atoms with Crippen LogP contribution in [0.3, 0.4) is 0 Å². The van der Waals surface area contributed by atoms with Gasteiger partial charge in [-0.15, -0.1) is 0 Å². The van der Waals surface area contributed by atoms with Gasteiger partial charge in [0.25, 0.3) is 0 Å². The van der Waals surface area contributed by atoms with Gasteiger partial charge in [0.15, 0.2) is 11.6 Å². The predicted molar refractivity (Wildman–Crippen MR) is 74.0 cm³/mol. The van der Waals surface area contributed by atoms with E-state index in [2.05, 4.69) is 0 Å². The maximum absolute atomic E-state index is 12.8. The van der Waals surface area contributed by atoms with Gasteiger partial charge in [-0.05, 0) is 24.6 Å². The first-order valence-corrected chi connectivity index (χ1v) is 6.65. The smallest absolute Gasteiger partial charge is 0.293 e. The van der Waals surface area contributed by atoms with Crippen molar-refractivity contribution in [3.05, 3.63) is 70.3 Å². The number of hydrogen-bond acceptors (Lipinski definition) is 2. The van der Waals surface area contributed by atoms with E-state index in [1.807, 2.05) is 13.0 Å². The quantitative estimate of drug-likeness (QED) is 0.741. The number of fused-ring (bicyclic) bond motifs is 1. The number of benzene rings is 2. The summed E-state index contributed by atoms with van der Waals surface area (Å²) in [5, 5.41) is 0. The van der Waals surface area contributed by atoms with Crippen LogP contribution in [0.4, 0.5) is 13.2 Å². The van der Waals surface area contributed by atoms with Crippen LogP contribution in [0.1, 0.15) is 43.3 Å². The molecule has 0 aromatic heterocycles. The highest BCUT2D eigenvalue weighted by Gasteiger charge is 2.41. The lowest BCUT2D eigenvalue weighted by molar-refractivity contribution is -0.137. The van der Waals surface area contributed by atoms with Crippen LogP contribution in [-0.4, -0.2) is 11.6 Å². The molecule has 0 fully saturated rings. The molecular weight excluding hydrogens is 293 g/mol. The standard InChI is InChI=1S/C17H11F3O2/c1-9-3-2-4-10(7-9)14-15(21)12-6-5-11(17(18,19)20)8-13(12)16(14)22/h2-8,14H,1H3. The monoisotopic (exact) mass is 304 g/mol. The van der Waals surface area contributed by atoms with Crippen LogP contribution in [0.5, 0.6) is 0 Å². The van der Waals surface area contributed by atoms with Crippen molar-refractivity contribution in [3.63, 3.8) is 0 Å². The Morgan fingerprint density at radius 2 is 1.59 bits per heavy atom. The van der Waals surface area contributed by atoms with Crippen molar-refractivity contribution in [1.29, 1.82) is 0 Å². The summed E-state index contributed by atoms with van der Waals surface area (Å²) in [4.78, 5) is 24.8. The number of aryl methyl sites for hydroxylation is 1. The van der Waals surface area contributed by atoms with Gasteiger partial charge in [-0.1, -0.05) is 35.9 Å². The van der Waals surface area contributed by atoms with E-state index in [9.17, 15) is 22.8 Å². The molecule has 0 N–H and O–H groups in total. The second-order valence-corrected chi connectivity index (χ2v) is 5.33. The molecule has 0 spiro atoms. The molecule has 1 aliphatic rings. The molecule has 0 bridgehead atoms. The van der Waals surface area contributed by atoms with Gasteiger partial charge in [0.2, 0.25) is 0 Å². The average Bonchev–Trinajstić information content (AvgIpc) is 2.69. The van der Waals surface area contributed by atoms with E-state index in [0.717, 1.165) is 23.8 Å². The Balaban J connectivity index is 2.09. The summed E-state index contributed by atoms with van der Waals surface area (Å²) < 4.78 is 38.3. The molecule has 0 amide bonds. The van der Waals surface area contributed by atoms with Crippen LogP contribution in [0, 0.1) is 6.92 Å². The van der Waals surface area contributed by atoms with Gasteiger partial charge >= 0.3 is 6.18 Å². The van der Waals surface area contributed by atoms with Crippen molar-refractivity contribution in [2.75, 3.05) is 0 Å². The van der Waals surface area contributed by atoms with Gasteiger partial charge in [-0.2, -0.15) is 13.2 Å². The minimum atomic E-state index is -4.54. The van der Waals surface area contributed by atoms with Crippen molar-refractivity contribution < 1.29 is 22.8 Å². The van der Waals surface area contributed by atoms with Crippen molar-refractivity contribution in [3.8, 4) is 0 Å². The molecule has 112 valence electrons. The largest absolute Gasteiger partial charge is 0.416 e. The molecule has 1 aliphatic carbocycles. The average molecular weight is 304 g/mol. The Kier molecular flexibility index (Phi) is 3.16. The third kappa shape index (κ3) is 2.22. The Morgan fingerprint density at radius 3 is 2.23 bits per heavy atom. The molecule has 1 unspecified atom stereocenters. The van der Waals surface area contributed by atoms with Crippen LogP contribution in [-0.2, 0) is 6.18 Å². The maximum Gasteiger partial charge on any atom is 0.416 e. The lowest BCUT2D eigenvalue weighted by Crippen LogP contribution is -2.12. The highest BCUT2D eigenvalue weighted by atomic mass is 19.4. The normalized spacial score (nSPS) is 17.7. The molecule has 0 heterocycles. The zero-order valence-electron chi connectivity index (χ0n) is 11.6. The molecule has 0 aliphatic heterocycles. The first-order valence-electron chi connectivity index (χ1n) is 6.65. The molecule has 22 heavy (non-hydrogen) atoms. The number of carbonyl (C=O) groups is 2. The van der Waals surface area contributed by atoms with Crippen molar-refractivity contribution in [2.24, 2.45) is 0 Å². The summed E-state index contributed by atoms with van der Waals surface area (Å²) in [6.45, 7) is 1.82. The number of ketones is 2. The predicted octanol–water partition coefficient (Wildman–Crippen LogP) is 4.18. The van der Waals surface area contributed by atoms with E-state index in [1.165, 1.54) is 0 Å². The molecule has 3 rings (SSSR count). The zero-order valence-corrected chi connectivity index (χ0v) is 11.6. The summed E-state index contributed by atoms with van der Waals surface area (Å²) >= 11 is 0. The molecule has 2 aromatic carbocycles. The van der Waals surface area contributed by atoms with Gasteiger partial charge in [0, 0.05) is 11.1 Å². The summed E-state index contributed by atoms with van der Waals surface area (Å²) in [5.74, 6) is -2.06. The van der Waals surface area contributed by atoms with Crippen LogP contribution in [0.15, 0.2) is 42.5 Å². The van der Waals surface area contributed by atoms with E-state index in [-0.39, 0.29) is 11.1 Å². The Labute approximate surface area is 124 Å². The highest BCUT2D eigenvalue weighted by molar-refractivity contribution is 6.29. The Hall–Kier alpha value is -2.43. The Bertz CT molecular complexity index is 791. The van der Waals surface area contributed by atoms with E-state index >= 15 is 0 Å². The van der Waals surface area contributed by atoms with E-state index in [0.29, 0.717) is 5.56 Å². The van der Waals surface area contributed by atoms with E-state index < -0.39 is 29.2 Å². The number of carbonyl (C=O) groups excluding carboxylic acids is 2. The zero-order chi connectivity index (χ0) is 16.1. The van der Waals surface area contributed by atoms with Gasteiger partial charge in [0.1, 0.15) is 5.92 Å². The van der Waals surface area contributed by atoms with Crippen LogP contribution in [0.2, 0.25) is 0 Å². The third-order valence-corrected chi connectivity index (χ3v) is 3.78. The third-order valence-electron chi connectivity index (χ3n) is 3.78. The first kappa shape index (κ1) is 14.5. The fourth-order valence-corrected chi connectivity index (χ4v) is 2.72. The first-order chi connectivity index (χ1) is 10.3. The summed E-state index contributed by atoms with van der Waals surface area (Å²) in [6.07, 6.45) is -4.54. The Morgan fingerprint density at radius 1 is 0.909 bits per heavy atom. The molecule has 0 saturated carbocycles. The number of halogens is 3. The highest BCUT2D eigenvalue weighted by Crippen LogP contribution is 2.38. The molecule has 1 atom stereocenters. The summed E-state index contributed by atoms with van der Waals surface area (Å²) in [7, 11) is 0. The minimum Gasteiger partial charge on any atom is -0.293 e. The van der Waals surface area contributed by atoms with Gasteiger partial charge in [-0.25, -0.2) is 0 Å². The fraction of sp³-hybridized carbons (Fsp3) is 0.176. The molecule has 5 heteroatoms. The number of hydrogen-bond donors (Lipinski definition) is 0. The lowest BCUT2D eigenvalue weighted by Gasteiger charge is -2.08. The van der Waals surface area contributed by atoms with Gasteiger partial charge < -0.3 is 0 Å². The van der Waals surface area contributed by atoms with Crippen molar-refractivity contribution >= 4 is 11.6 Å². The second kappa shape index (κ2) is 4.80. The van der Waals surface area contributed by atoms with E-state index in [1.54, 1.807) is 18.2 Å². The van der Waals surface area contributed by atoms with Gasteiger partial charge in [-0.3, -0.25) is 9.59 Å².